The van der Waals surface area contributed by atoms with Crippen LogP contribution in [0, 0.1) is 5.41 Å². The number of rotatable bonds is 2. The Bertz CT molecular complexity index is 471. The molecule has 3 saturated heterocycles. The fourth-order valence-electron chi connectivity index (χ4n) is 5.97. The molecule has 1 N–H and O–H groups in total. The Kier molecular flexibility index (Phi) is 5.90. The van der Waals surface area contributed by atoms with Crippen molar-refractivity contribution >= 4 is 5.91 Å². The standard InChI is InChI=1S/C22H38N2O2/c25-20-21(12-14-23-15-13-21)18-22(24(20)16-19-17-26-19)10-8-6-4-2-1-3-5-7-9-11-22/h19,23H,1-18H2. The molecule has 0 aromatic rings. The van der Waals surface area contributed by atoms with Crippen molar-refractivity contribution in [2.45, 2.75) is 102 Å². The third kappa shape index (κ3) is 3.96. The lowest BCUT2D eigenvalue weighted by Crippen LogP contribution is -2.48. The lowest BCUT2D eigenvalue weighted by molar-refractivity contribution is -0.140. The fraction of sp³-hybridized carbons (Fsp3) is 0.955. The number of carbonyl (C=O) groups is 1. The Morgan fingerprint density at radius 3 is 1.96 bits per heavy atom. The van der Waals surface area contributed by atoms with Gasteiger partial charge in [0.25, 0.3) is 0 Å². The van der Waals surface area contributed by atoms with Gasteiger partial charge in [-0.3, -0.25) is 4.79 Å². The first-order valence-electron chi connectivity index (χ1n) is 11.4. The summed E-state index contributed by atoms with van der Waals surface area (Å²) in [4.78, 5) is 16.0. The summed E-state index contributed by atoms with van der Waals surface area (Å²) in [5, 5.41) is 3.48. The number of ether oxygens (including phenoxy) is 1. The lowest BCUT2D eigenvalue weighted by atomic mass is 9.71. The third-order valence-electron chi connectivity index (χ3n) is 7.57. The van der Waals surface area contributed by atoms with Gasteiger partial charge in [-0.25, -0.2) is 0 Å². The molecule has 4 heteroatoms. The van der Waals surface area contributed by atoms with Crippen molar-refractivity contribution in [3.8, 4) is 0 Å². The van der Waals surface area contributed by atoms with Crippen molar-refractivity contribution in [3.63, 3.8) is 0 Å². The van der Waals surface area contributed by atoms with Crippen LogP contribution in [0.15, 0.2) is 0 Å². The molecule has 4 nitrogen and oxygen atoms in total. The highest BCUT2D eigenvalue weighted by Gasteiger charge is 2.59. The molecule has 0 aromatic carbocycles. The highest BCUT2D eigenvalue weighted by Crippen LogP contribution is 2.52. The Labute approximate surface area is 159 Å². The first-order chi connectivity index (χ1) is 12.7. The van der Waals surface area contributed by atoms with E-state index in [2.05, 4.69) is 10.2 Å². The third-order valence-corrected chi connectivity index (χ3v) is 7.57. The Morgan fingerprint density at radius 1 is 0.885 bits per heavy atom. The summed E-state index contributed by atoms with van der Waals surface area (Å²) in [5.41, 5.74) is 0.0524. The predicted molar refractivity (Wildman–Crippen MR) is 104 cm³/mol. The van der Waals surface area contributed by atoms with Gasteiger partial charge in [0.05, 0.1) is 18.1 Å². The monoisotopic (exact) mass is 362 g/mol. The second-order valence-electron chi connectivity index (χ2n) is 9.48. The van der Waals surface area contributed by atoms with E-state index >= 15 is 0 Å². The SMILES string of the molecule is O=C1N(CC2CO2)C2(CCCCCCCCCCC2)CC12CCNCC2. The molecule has 26 heavy (non-hydrogen) atoms. The molecular formula is C22H38N2O2. The van der Waals surface area contributed by atoms with Crippen LogP contribution in [0.5, 0.6) is 0 Å². The first-order valence-corrected chi connectivity index (χ1v) is 11.4. The summed E-state index contributed by atoms with van der Waals surface area (Å²) in [5.74, 6) is 0.474. The molecule has 0 bridgehead atoms. The van der Waals surface area contributed by atoms with Gasteiger partial charge in [0.1, 0.15) is 0 Å². The van der Waals surface area contributed by atoms with E-state index in [4.69, 9.17) is 4.74 Å². The molecule has 1 aliphatic carbocycles. The normalized spacial score (nSPS) is 32.4. The molecule has 3 aliphatic heterocycles. The van der Waals surface area contributed by atoms with Gasteiger partial charge >= 0.3 is 0 Å². The summed E-state index contributed by atoms with van der Waals surface area (Å²) in [7, 11) is 0. The zero-order valence-corrected chi connectivity index (χ0v) is 16.6. The van der Waals surface area contributed by atoms with Crippen LogP contribution in [0.1, 0.15) is 89.9 Å². The number of amides is 1. The van der Waals surface area contributed by atoms with Gasteiger partial charge < -0.3 is 15.0 Å². The van der Waals surface area contributed by atoms with Crippen LogP contribution in [0.4, 0.5) is 0 Å². The number of carbonyl (C=O) groups excluding carboxylic acids is 1. The van der Waals surface area contributed by atoms with E-state index in [0.717, 1.165) is 45.5 Å². The largest absolute Gasteiger partial charge is 0.371 e. The van der Waals surface area contributed by atoms with Crippen LogP contribution < -0.4 is 5.32 Å². The quantitative estimate of drug-likeness (QED) is 0.754. The minimum Gasteiger partial charge on any atom is -0.371 e. The Hall–Kier alpha value is -0.610. The second-order valence-corrected chi connectivity index (χ2v) is 9.48. The van der Waals surface area contributed by atoms with Gasteiger partial charge in [0.2, 0.25) is 5.91 Å². The van der Waals surface area contributed by atoms with E-state index < -0.39 is 0 Å². The molecule has 4 rings (SSSR count). The second kappa shape index (κ2) is 8.18. The maximum Gasteiger partial charge on any atom is 0.229 e. The zero-order valence-electron chi connectivity index (χ0n) is 16.6. The van der Waals surface area contributed by atoms with Gasteiger partial charge in [-0.15, -0.1) is 0 Å². The van der Waals surface area contributed by atoms with Crippen LogP contribution >= 0.6 is 0 Å². The predicted octanol–water partition coefficient (Wildman–Crippen LogP) is 4.03. The van der Waals surface area contributed by atoms with Crippen LogP contribution in [0.3, 0.4) is 0 Å². The van der Waals surface area contributed by atoms with E-state index in [1.54, 1.807) is 0 Å². The van der Waals surface area contributed by atoms with Gasteiger partial charge in [-0.1, -0.05) is 57.8 Å². The summed E-state index contributed by atoms with van der Waals surface area (Å²) >= 11 is 0. The summed E-state index contributed by atoms with van der Waals surface area (Å²) in [6.45, 7) is 3.73. The topological polar surface area (TPSA) is 44.9 Å². The molecule has 0 aromatic heterocycles. The van der Waals surface area contributed by atoms with Crippen LogP contribution in [-0.4, -0.2) is 48.7 Å². The van der Waals surface area contributed by atoms with Crippen molar-refractivity contribution in [3.05, 3.63) is 0 Å². The van der Waals surface area contributed by atoms with E-state index in [9.17, 15) is 4.79 Å². The van der Waals surface area contributed by atoms with Gasteiger partial charge in [-0.2, -0.15) is 0 Å². The number of hydrogen-bond acceptors (Lipinski definition) is 3. The van der Waals surface area contributed by atoms with Gasteiger partial charge in [-0.05, 0) is 45.2 Å². The number of epoxide rings is 1. The molecule has 4 fully saturated rings. The van der Waals surface area contributed by atoms with E-state index in [0.29, 0.717) is 12.0 Å². The van der Waals surface area contributed by atoms with E-state index in [-0.39, 0.29) is 11.0 Å². The smallest absolute Gasteiger partial charge is 0.229 e. The number of nitrogens with zero attached hydrogens (tertiary/aromatic N) is 1. The summed E-state index contributed by atoms with van der Waals surface area (Å²) < 4.78 is 5.56. The molecule has 1 atom stereocenters. The van der Waals surface area contributed by atoms with Crippen molar-refractivity contribution in [2.24, 2.45) is 5.41 Å². The molecule has 0 radical (unpaired) electrons. The number of nitrogens with one attached hydrogen (secondary N) is 1. The average molecular weight is 363 g/mol. The number of hydrogen-bond donors (Lipinski definition) is 1. The molecule has 2 spiro atoms. The zero-order chi connectivity index (χ0) is 17.9. The molecule has 3 heterocycles. The lowest BCUT2D eigenvalue weighted by Gasteiger charge is -2.39. The highest BCUT2D eigenvalue weighted by atomic mass is 16.6. The number of piperidine rings is 1. The Morgan fingerprint density at radius 2 is 1.42 bits per heavy atom. The highest BCUT2D eigenvalue weighted by molar-refractivity contribution is 5.86. The molecule has 1 saturated carbocycles. The minimum atomic E-state index is -0.0722. The molecule has 148 valence electrons. The minimum absolute atomic E-state index is 0.0722. The first kappa shape index (κ1) is 18.7. The van der Waals surface area contributed by atoms with Crippen LogP contribution in [0.25, 0.3) is 0 Å². The van der Waals surface area contributed by atoms with Crippen LogP contribution in [0.2, 0.25) is 0 Å². The molecule has 1 unspecified atom stereocenters. The fourth-order valence-corrected chi connectivity index (χ4v) is 5.97. The van der Waals surface area contributed by atoms with Crippen molar-refractivity contribution in [1.82, 2.24) is 10.2 Å². The average Bonchev–Trinajstić information content (AvgIpc) is 3.43. The number of likely N-dealkylation sites (tertiary alicyclic amines) is 1. The Balaban J connectivity index is 1.55. The van der Waals surface area contributed by atoms with E-state index in [1.165, 1.54) is 70.6 Å². The maximum absolute atomic E-state index is 13.6. The van der Waals surface area contributed by atoms with Crippen molar-refractivity contribution in [2.75, 3.05) is 26.2 Å². The van der Waals surface area contributed by atoms with Crippen LogP contribution in [-0.2, 0) is 9.53 Å². The molecule has 1 amide bonds. The van der Waals surface area contributed by atoms with E-state index in [1.807, 2.05) is 0 Å². The summed E-state index contributed by atoms with van der Waals surface area (Å²) in [6, 6.07) is 0. The maximum atomic E-state index is 13.6. The summed E-state index contributed by atoms with van der Waals surface area (Å²) in [6.07, 6.45) is 18.2. The molecule has 4 aliphatic rings. The van der Waals surface area contributed by atoms with Gasteiger partial charge in [0, 0.05) is 12.1 Å². The van der Waals surface area contributed by atoms with Gasteiger partial charge in [0.15, 0.2) is 0 Å². The van der Waals surface area contributed by atoms with Crippen molar-refractivity contribution < 1.29 is 9.53 Å². The van der Waals surface area contributed by atoms with Crippen molar-refractivity contribution in [1.29, 1.82) is 0 Å². The molecular weight excluding hydrogens is 324 g/mol.